The van der Waals surface area contributed by atoms with Crippen LogP contribution >= 0.6 is 22.9 Å². The molecule has 2 saturated heterocycles. The molecule has 0 radical (unpaired) electrons. The molecule has 2 aliphatic rings. The topological polar surface area (TPSA) is 99.1 Å². The quantitative estimate of drug-likeness (QED) is 0.153. The molecule has 2 fully saturated rings. The average molecular weight is 716 g/mol. The van der Waals surface area contributed by atoms with Crippen molar-refractivity contribution in [3.63, 3.8) is 0 Å². The van der Waals surface area contributed by atoms with Crippen molar-refractivity contribution in [3.05, 3.63) is 45.8 Å². The second-order valence-electron chi connectivity index (χ2n) is 12.2. The van der Waals surface area contributed by atoms with Gasteiger partial charge in [-0.25, -0.2) is 15.0 Å². The van der Waals surface area contributed by atoms with E-state index in [1.165, 1.54) is 23.7 Å². The lowest BCUT2D eigenvalue weighted by molar-refractivity contribution is -0.137. The first kappa shape index (κ1) is 36.6. The molecule has 5 rings (SSSR count). The summed E-state index contributed by atoms with van der Waals surface area (Å²) in [7, 11) is 1.61. The van der Waals surface area contributed by atoms with Gasteiger partial charge in [0, 0.05) is 80.4 Å². The number of benzene rings is 1. The van der Waals surface area contributed by atoms with Crippen molar-refractivity contribution < 1.29 is 32.1 Å². The maximum Gasteiger partial charge on any atom is 0.416 e. The molecule has 10 nitrogen and oxygen atoms in total. The molecule has 4 heterocycles. The van der Waals surface area contributed by atoms with E-state index in [0.29, 0.717) is 58.1 Å². The largest absolute Gasteiger partial charge is 0.416 e. The van der Waals surface area contributed by atoms with Gasteiger partial charge in [0.1, 0.15) is 6.33 Å². The maximum absolute atomic E-state index is 16.1. The third-order valence-corrected chi connectivity index (χ3v) is 10.1. The minimum absolute atomic E-state index is 0.0555. The van der Waals surface area contributed by atoms with Crippen LogP contribution in [0.3, 0.4) is 0 Å². The zero-order valence-electron chi connectivity index (χ0n) is 27.4. The second kappa shape index (κ2) is 15.9. The Bertz CT molecular complexity index is 1520. The van der Waals surface area contributed by atoms with E-state index in [2.05, 4.69) is 43.9 Å². The number of halogens is 5. The molecule has 264 valence electrons. The molecular weight excluding hydrogens is 674 g/mol. The van der Waals surface area contributed by atoms with Gasteiger partial charge in [0.2, 0.25) is 5.82 Å². The molecule has 48 heavy (non-hydrogen) atoms. The van der Waals surface area contributed by atoms with Gasteiger partial charge in [-0.15, -0.1) is 0 Å². The van der Waals surface area contributed by atoms with Gasteiger partial charge >= 0.3 is 6.18 Å². The number of methoxy groups -OCH3 is 1. The van der Waals surface area contributed by atoms with Crippen molar-refractivity contribution in [2.45, 2.75) is 77.2 Å². The Labute approximate surface area is 287 Å². The molecule has 2 N–H and O–H groups in total. The van der Waals surface area contributed by atoms with Crippen molar-refractivity contribution >= 4 is 39.7 Å². The van der Waals surface area contributed by atoms with E-state index in [1.807, 2.05) is 11.8 Å². The SMILES string of the molecule is CCOC(O)CCN1CCN(c2ncnc(Nc3nc(-c4cc(Cl)cc(C(F)(F)F)c4)c(CN4[C@H](C)CC[C@H]4C)s3)c2F)C[C@H]1COC. The summed E-state index contributed by atoms with van der Waals surface area (Å²) in [5, 5.41) is 13.2. The van der Waals surface area contributed by atoms with Crippen molar-refractivity contribution in [3.8, 4) is 11.3 Å². The fraction of sp³-hybridized carbons (Fsp3) is 0.594. The van der Waals surface area contributed by atoms with Crippen LogP contribution in [0.2, 0.25) is 5.02 Å². The summed E-state index contributed by atoms with van der Waals surface area (Å²) in [6.45, 7) is 9.45. The first-order valence-electron chi connectivity index (χ1n) is 16.1. The Morgan fingerprint density at radius 3 is 2.58 bits per heavy atom. The lowest BCUT2D eigenvalue weighted by atomic mass is 10.1. The highest BCUT2D eigenvalue weighted by atomic mass is 35.5. The van der Waals surface area contributed by atoms with E-state index in [1.54, 1.807) is 7.11 Å². The average Bonchev–Trinajstić information content (AvgIpc) is 3.59. The van der Waals surface area contributed by atoms with Crippen LogP contribution in [0, 0.1) is 5.82 Å². The number of piperazine rings is 1. The number of aromatic nitrogens is 3. The number of rotatable bonds is 13. The third kappa shape index (κ3) is 8.73. The van der Waals surface area contributed by atoms with E-state index < -0.39 is 23.8 Å². The summed E-state index contributed by atoms with van der Waals surface area (Å²) in [5.74, 6) is -0.650. The molecule has 0 saturated carbocycles. The summed E-state index contributed by atoms with van der Waals surface area (Å²) < 4.78 is 68.0. The van der Waals surface area contributed by atoms with E-state index in [-0.39, 0.29) is 45.5 Å². The standard InChI is InChI=1S/C32H42ClF4N7O3S/c1-5-47-26(45)8-9-42-10-11-43(15-24(42)17-46-4)30-27(34)29(38-18-39-30)41-31-40-28(21-12-22(32(35,36)37)14-23(33)13-21)25(48-31)16-44-19(2)6-7-20(44)3/h12-14,18-20,24,26,45H,5-11,15-17H2,1-4H3,(H,38,39,40,41)/t19-,20-,24+,26?/m1/s1. The second-order valence-corrected chi connectivity index (χ2v) is 13.8. The monoisotopic (exact) mass is 715 g/mol. The van der Waals surface area contributed by atoms with Crippen LogP contribution < -0.4 is 10.2 Å². The highest BCUT2D eigenvalue weighted by Crippen LogP contribution is 2.40. The van der Waals surface area contributed by atoms with Gasteiger partial charge in [0.25, 0.3) is 0 Å². The fourth-order valence-electron chi connectivity index (χ4n) is 6.41. The molecule has 16 heteroatoms. The van der Waals surface area contributed by atoms with Crippen LogP contribution in [-0.4, -0.2) is 101 Å². The Kier molecular flexibility index (Phi) is 12.1. The number of alkyl halides is 3. The molecule has 0 spiro atoms. The van der Waals surface area contributed by atoms with E-state index >= 15 is 4.39 Å². The first-order chi connectivity index (χ1) is 22.9. The van der Waals surface area contributed by atoms with Gasteiger partial charge < -0.3 is 24.8 Å². The van der Waals surface area contributed by atoms with Crippen molar-refractivity contribution in [1.82, 2.24) is 24.8 Å². The van der Waals surface area contributed by atoms with Crippen LogP contribution in [0.25, 0.3) is 11.3 Å². The highest BCUT2D eigenvalue weighted by molar-refractivity contribution is 7.16. The van der Waals surface area contributed by atoms with Crippen molar-refractivity contribution in [1.29, 1.82) is 0 Å². The number of nitrogens with one attached hydrogen (secondary N) is 1. The molecule has 1 aromatic carbocycles. The minimum atomic E-state index is -4.59. The number of hydrogen-bond acceptors (Lipinski definition) is 11. The van der Waals surface area contributed by atoms with Crippen LogP contribution in [-0.2, 0) is 22.2 Å². The lowest BCUT2D eigenvalue weighted by Gasteiger charge is -2.42. The zero-order valence-corrected chi connectivity index (χ0v) is 29.0. The summed E-state index contributed by atoms with van der Waals surface area (Å²) >= 11 is 7.40. The number of hydrogen-bond donors (Lipinski definition) is 2. The molecule has 2 aromatic heterocycles. The third-order valence-electron chi connectivity index (χ3n) is 8.94. The van der Waals surface area contributed by atoms with Gasteiger partial charge in [0.15, 0.2) is 23.1 Å². The molecule has 0 bridgehead atoms. The Balaban J connectivity index is 1.40. The number of aliphatic hydroxyl groups excluding tert-OH is 1. The van der Waals surface area contributed by atoms with Gasteiger partial charge in [-0.2, -0.15) is 17.6 Å². The number of ether oxygens (including phenoxy) is 2. The number of aliphatic hydroxyl groups is 1. The maximum atomic E-state index is 16.1. The van der Waals surface area contributed by atoms with Gasteiger partial charge in [-0.05, 0) is 51.8 Å². The molecule has 0 aliphatic carbocycles. The van der Waals surface area contributed by atoms with Crippen LogP contribution in [0.5, 0.6) is 0 Å². The van der Waals surface area contributed by atoms with E-state index in [9.17, 15) is 18.3 Å². The normalized spacial score (nSPS) is 21.6. The molecule has 4 atom stereocenters. The fourth-order valence-corrected chi connectivity index (χ4v) is 7.63. The van der Waals surface area contributed by atoms with E-state index in [4.69, 9.17) is 21.1 Å². The number of anilines is 3. The van der Waals surface area contributed by atoms with Crippen LogP contribution in [0.4, 0.5) is 34.3 Å². The van der Waals surface area contributed by atoms with Crippen LogP contribution in [0.15, 0.2) is 24.5 Å². The molecule has 0 amide bonds. The summed E-state index contributed by atoms with van der Waals surface area (Å²) in [6, 6.07) is 3.89. The predicted octanol–water partition coefficient (Wildman–Crippen LogP) is 6.41. The van der Waals surface area contributed by atoms with Gasteiger partial charge in [-0.1, -0.05) is 22.9 Å². The van der Waals surface area contributed by atoms with Crippen LogP contribution in [0.1, 0.15) is 50.5 Å². The Morgan fingerprint density at radius 2 is 1.90 bits per heavy atom. The zero-order chi connectivity index (χ0) is 34.6. The number of thiazole rings is 1. The summed E-state index contributed by atoms with van der Waals surface area (Å²) in [6.07, 6.45) is -1.72. The number of likely N-dealkylation sites (tertiary alicyclic amines) is 1. The molecular formula is C32H42ClF4N7O3S. The molecule has 1 unspecified atom stereocenters. The van der Waals surface area contributed by atoms with E-state index in [0.717, 1.165) is 29.9 Å². The molecule has 3 aromatic rings. The van der Waals surface area contributed by atoms with Crippen molar-refractivity contribution in [2.75, 3.05) is 56.7 Å². The Hall–Kier alpha value is -2.66. The smallest absolute Gasteiger partial charge is 0.383 e. The highest BCUT2D eigenvalue weighted by Gasteiger charge is 2.34. The predicted molar refractivity (Wildman–Crippen MR) is 178 cm³/mol. The summed E-state index contributed by atoms with van der Waals surface area (Å²) in [4.78, 5) is 20.1. The minimum Gasteiger partial charge on any atom is -0.383 e. The Morgan fingerprint density at radius 1 is 1.15 bits per heavy atom. The molecule has 2 aliphatic heterocycles. The summed E-state index contributed by atoms with van der Waals surface area (Å²) in [5.41, 5.74) is -0.289. The lowest BCUT2D eigenvalue weighted by Crippen LogP contribution is -2.55. The number of nitrogens with zero attached hydrogens (tertiary/aromatic N) is 6. The van der Waals surface area contributed by atoms with Gasteiger partial charge in [0.05, 0.1) is 23.9 Å². The first-order valence-corrected chi connectivity index (χ1v) is 17.3. The van der Waals surface area contributed by atoms with Crippen molar-refractivity contribution in [2.24, 2.45) is 0 Å². The van der Waals surface area contributed by atoms with Gasteiger partial charge in [-0.3, -0.25) is 9.80 Å².